The van der Waals surface area contributed by atoms with E-state index < -0.39 is 0 Å². The number of anilines is 1. The van der Waals surface area contributed by atoms with Gasteiger partial charge in [0.25, 0.3) is 5.89 Å². The van der Waals surface area contributed by atoms with E-state index in [1.54, 1.807) is 13.1 Å². The summed E-state index contributed by atoms with van der Waals surface area (Å²) in [6.45, 7) is 2.32. The minimum Gasteiger partial charge on any atom is -0.364 e. The lowest BCUT2D eigenvalue weighted by Crippen LogP contribution is -2.05. The van der Waals surface area contributed by atoms with E-state index in [-0.39, 0.29) is 0 Å². The van der Waals surface area contributed by atoms with Crippen molar-refractivity contribution in [2.24, 2.45) is 7.05 Å². The van der Waals surface area contributed by atoms with Crippen LogP contribution in [0.2, 0.25) is 10.2 Å². The van der Waals surface area contributed by atoms with Gasteiger partial charge < -0.3 is 14.4 Å². The summed E-state index contributed by atoms with van der Waals surface area (Å²) in [5, 5.41) is 8.05. The summed E-state index contributed by atoms with van der Waals surface area (Å²) in [5.74, 6) is 1.75. The van der Waals surface area contributed by atoms with Gasteiger partial charge in [-0.1, -0.05) is 28.4 Å². The molecule has 0 saturated heterocycles. The van der Waals surface area contributed by atoms with Crippen LogP contribution in [0.25, 0.3) is 11.5 Å². The SMILES string of the molecule is Cc1noc(-c2ccnc(NCc3cc(Cl)c(Cl)n3C)c2)n1. The molecule has 114 valence electrons. The van der Waals surface area contributed by atoms with E-state index in [1.807, 2.05) is 29.8 Å². The highest BCUT2D eigenvalue weighted by Crippen LogP contribution is 2.26. The van der Waals surface area contributed by atoms with Gasteiger partial charge in [0, 0.05) is 24.5 Å². The Bertz CT molecular complexity index is 811. The third kappa shape index (κ3) is 2.93. The molecule has 3 aromatic rings. The van der Waals surface area contributed by atoms with Gasteiger partial charge >= 0.3 is 0 Å². The number of hydrogen-bond donors (Lipinski definition) is 1. The van der Waals surface area contributed by atoms with Crippen LogP contribution in [0.1, 0.15) is 11.5 Å². The predicted octanol–water partition coefficient (Wildman–Crippen LogP) is 3.70. The van der Waals surface area contributed by atoms with Crippen LogP contribution in [-0.4, -0.2) is 19.7 Å². The zero-order chi connectivity index (χ0) is 15.7. The summed E-state index contributed by atoms with van der Waals surface area (Å²) >= 11 is 12.0. The van der Waals surface area contributed by atoms with Crippen LogP contribution < -0.4 is 5.32 Å². The third-order valence-electron chi connectivity index (χ3n) is 3.20. The summed E-state index contributed by atoms with van der Waals surface area (Å²) in [5.41, 5.74) is 1.76. The molecular formula is C14H13Cl2N5O. The fraction of sp³-hybridized carbons (Fsp3) is 0.214. The molecule has 0 fully saturated rings. The molecule has 0 aliphatic carbocycles. The van der Waals surface area contributed by atoms with Gasteiger partial charge in [-0.2, -0.15) is 4.98 Å². The van der Waals surface area contributed by atoms with E-state index in [4.69, 9.17) is 27.7 Å². The number of nitrogens with one attached hydrogen (secondary N) is 1. The molecular weight excluding hydrogens is 325 g/mol. The monoisotopic (exact) mass is 337 g/mol. The molecule has 0 aromatic carbocycles. The van der Waals surface area contributed by atoms with Gasteiger partial charge in [0.1, 0.15) is 11.0 Å². The Morgan fingerprint density at radius 3 is 2.77 bits per heavy atom. The molecule has 0 atom stereocenters. The zero-order valence-corrected chi connectivity index (χ0v) is 13.5. The third-order valence-corrected chi connectivity index (χ3v) is 4.04. The summed E-state index contributed by atoms with van der Waals surface area (Å²) < 4.78 is 6.97. The molecule has 0 spiro atoms. The van der Waals surface area contributed by atoms with E-state index in [9.17, 15) is 0 Å². The molecule has 3 aromatic heterocycles. The molecule has 0 unspecified atom stereocenters. The second-order valence-electron chi connectivity index (χ2n) is 4.76. The molecule has 3 heterocycles. The molecule has 0 saturated carbocycles. The molecule has 8 heteroatoms. The van der Waals surface area contributed by atoms with Crippen molar-refractivity contribution in [3.8, 4) is 11.5 Å². The molecule has 6 nitrogen and oxygen atoms in total. The Morgan fingerprint density at radius 2 is 2.14 bits per heavy atom. The molecule has 1 N–H and O–H groups in total. The number of hydrogen-bond acceptors (Lipinski definition) is 5. The first-order valence-corrected chi connectivity index (χ1v) is 7.30. The van der Waals surface area contributed by atoms with Crippen LogP contribution in [0.5, 0.6) is 0 Å². The standard InChI is InChI=1S/C14H13Cl2N5O/c1-8-19-14(22-20-8)9-3-4-17-12(5-9)18-7-10-6-11(15)13(16)21(10)2/h3-6H,7H2,1-2H3,(H,17,18). The van der Waals surface area contributed by atoms with Gasteiger partial charge in [0.05, 0.1) is 11.6 Å². The topological polar surface area (TPSA) is 68.8 Å². The molecule has 0 bridgehead atoms. The maximum Gasteiger partial charge on any atom is 0.258 e. The normalized spacial score (nSPS) is 10.9. The highest BCUT2D eigenvalue weighted by atomic mass is 35.5. The number of halogens is 2. The smallest absolute Gasteiger partial charge is 0.258 e. The van der Waals surface area contributed by atoms with Gasteiger partial charge in [-0.15, -0.1) is 0 Å². The van der Waals surface area contributed by atoms with Crippen molar-refractivity contribution in [1.82, 2.24) is 19.7 Å². The van der Waals surface area contributed by atoms with Crippen molar-refractivity contribution < 1.29 is 4.52 Å². The van der Waals surface area contributed by atoms with Crippen molar-refractivity contribution >= 4 is 29.0 Å². The molecule has 0 radical (unpaired) electrons. The Balaban J connectivity index is 1.77. The van der Waals surface area contributed by atoms with Crippen molar-refractivity contribution in [3.63, 3.8) is 0 Å². The van der Waals surface area contributed by atoms with Crippen molar-refractivity contribution in [2.45, 2.75) is 13.5 Å². The van der Waals surface area contributed by atoms with Gasteiger partial charge in [0.2, 0.25) is 0 Å². The van der Waals surface area contributed by atoms with Crippen molar-refractivity contribution in [2.75, 3.05) is 5.32 Å². The van der Waals surface area contributed by atoms with E-state index in [0.717, 1.165) is 11.3 Å². The van der Waals surface area contributed by atoms with E-state index in [0.29, 0.717) is 34.3 Å². The number of nitrogens with zero attached hydrogens (tertiary/aromatic N) is 4. The second kappa shape index (κ2) is 5.98. The van der Waals surface area contributed by atoms with E-state index >= 15 is 0 Å². The minimum atomic E-state index is 0.466. The average Bonchev–Trinajstić information content (AvgIpc) is 3.05. The Kier molecular flexibility index (Phi) is 4.04. The average molecular weight is 338 g/mol. The lowest BCUT2D eigenvalue weighted by Gasteiger charge is -2.07. The lowest BCUT2D eigenvalue weighted by molar-refractivity contribution is 0.425. The molecule has 0 amide bonds. The number of aryl methyl sites for hydroxylation is 1. The Labute approximate surface area is 137 Å². The molecule has 3 rings (SSSR count). The first kappa shape index (κ1) is 14.9. The highest BCUT2D eigenvalue weighted by molar-refractivity contribution is 6.41. The minimum absolute atomic E-state index is 0.466. The fourth-order valence-electron chi connectivity index (χ4n) is 2.01. The highest BCUT2D eigenvalue weighted by Gasteiger charge is 2.10. The van der Waals surface area contributed by atoms with Gasteiger partial charge in [-0.3, -0.25) is 0 Å². The van der Waals surface area contributed by atoms with Crippen molar-refractivity contribution in [3.05, 3.63) is 46.1 Å². The first-order valence-electron chi connectivity index (χ1n) is 6.55. The maximum absolute atomic E-state index is 6.05. The van der Waals surface area contributed by atoms with Gasteiger partial charge in [0.15, 0.2) is 5.82 Å². The second-order valence-corrected chi connectivity index (χ2v) is 5.53. The molecule has 0 aliphatic heterocycles. The fourth-order valence-corrected chi connectivity index (χ4v) is 2.43. The van der Waals surface area contributed by atoms with Gasteiger partial charge in [-0.25, -0.2) is 4.98 Å². The largest absolute Gasteiger partial charge is 0.364 e. The van der Waals surface area contributed by atoms with E-state index in [1.165, 1.54) is 0 Å². The summed E-state index contributed by atoms with van der Waals surface area (Å²) in [4.78, 5) is 8.47. The molecule has 0 aliphatic rings. The van der Waals surface area contributed by atoms with Crippen LogP contribution in [0.4, 0.5) is 5.82 Å². The van der Waals surface area contributed by atoms with Crippen LogP contribution in [0, 0.1) is 6.92 Å². The summed E-state index contributed by atoms with van der Waals surface area (Å²) in [7, 11) is 1.86. The van der Waals surface area contributed by atoms with E-state index in [2.05, 4.69) is 20.4 Å². The summed E-state index contributed by atoms with van der Waals surface area (Å²) in [6, 6.07) is 5.48. The van der Waals surface area contributed by atoms with Crippen LogP contribution >= 0.6 is 23.2 Å². The summed E-state index contributed by atoms with van der Waals surface area (Å²) in [6.07, 6.45) is 1.68. The van der Waals surface area contributed by atoms with Crippen LogP contribution in [-0.2, 0) is 13.6 Å². The van der Waals surface area contributed by atoms with Crippen LogP contribution in [0.3, 0.4) is 0 Å². The number of aromatic nitrogens is 4. The molecule has 22 heavy (non-hydrogen) atoms. The zero-order valence-electron chi connectivity index (χ0n) is 12.0. The Hall–Kier alpha value is -2.05. The van der Waals surface area contributed by atoms with Crippen molar-refractivity contribution in [1.29, 1.82) is 0 Å². The maximum atomic E-state index is 6.05. The quantitative estimate of drug-likeness (QED) is 0.786. The lowest BCUT2D eigenvalue weighted by atomic mass is 10.2. The van der Waals surface area contributed by atoms with Crippen LogP contribution in [0.15, 0.2) is 28.9 Å². The predicted molar refractivity (Wildman–Crippen MR) is 85.0 cm³/mol. The van der Waals surface area contributed by atoms with Gasteiger partial charge in [-0.05, 0) is 25.1 Å². The number of pyridine rings is 1. The Morgan fingerprint density at radius 1 is 1.32 bits per heavy atom. The first-order chi connectivity index (χ1) is 10.5. The number of rotatable bonds is 4.